The first-order chi connectivity index (χ1) is 4.93. The number of hydrogen-bond acceptors (Lipinski definition) is 3. The van der Waals surface area contributed by atoms with Gasteiger partial charge in [0.15, 0.2) is 0 Å². The van der Waals surface area contributed by atoms with E-state index in [1.54, 1.807) is 24.2 Å². The predicted molar refractivity (Wildman–Crippen MR) is 42.0 cm³/mol. The van der Waals surface area contributed by atoms with Crippen molar-refractivity contribution in [1.82, 2.24) is 4.98 Å². The van der Waals surface area contributed by atoms with E-state index in [0.717, 1.165) is 10.6 Å². The van der Waals surface area contributed by atoms with Gasteiger partial charge in [-0.2, -0.15) is 0 Å². The number of aliphatic hydroxyl groups is 1. The quantitative estimate of drug-likeness (QED) is 0.665. The average Bonchev–Trinajstić information content (AvgIpc) is 2.03. The van der Waals surface area contributed by atoms with Gasteiger partial charge in [0.1, 0.15) is 0 Å². The number of rotatable bonds is 3. The summed E-state index contributed by atoms with van der Waals surface area (Å²) in [5.41, 5.74) is 0. The zero-order valence-corrected chi connectivity index (χ0v) is 6.34. The minimum absolute atomic E-state index is 0.229. The minimum atomic E-state index is 0.229. The van der Waals surface area contributed by atoms with Crippen LogP contribution in [0.2, 0.25) is 0 Å². The zero-order valence-electron chi connectivity index (χ0n) is 5.53. The highest BCUT2D eigenvalue weighted by Gasteiger charge is 1.88. The van der Waals surface area contributed by atoms with Crippen molar-refractivity contribution in [2.75, 3.05) is 12.4 Å². The Kier molecular flexibility index (Phi) is 3.26. The molecule has 10 heavy (non-hydrogen) atoms. The Balaban J connectivity index is 2.43. The van der Waals surface area contributed by atoms with E-state index in [4.69, 9.17) is 5.11 Å². The molecule has 0 aromatic carbocycles. The first-order valence-corrected chi connectivity index (χ1v) is 4.06. The maximum Gasteiger partial charge on any atom is 0.0525 e. The Morgan fingerprint density at radius 1 is 1.40 bits per heavy atom. The van der Waals surface area contributed by atoms with Crippen LogP contribution in [0.1, 0.15) is 0 Å². The van der Waals surface area contributed by atoms with Gasteiger partial charge in [-0.25, -0.2) is 0 Å². The Hall–Kier alpha value is -0.540. The third-order valence-electron chi connectivity index (χ3n) is 1.01. The van der Waals surface area contributed by atoms with Gasteiger partial charge in [0.25, 0.3) is 0 Å². The molecule has 1 N–H and O–H groups in total. The lowest BCUT2D eigenvalue weighted by molar-refractivity contribution is 0.322. The highest BCUT2D eigenvalue weighted by Crippen LogP contribution is 2.14. The van der Waals surface area contributed by atoms with Gasteiger partial charge in [-0.1, -0.05) is 0 Å². The van der Waals surface area contributed by atoms with E-state index in [-0.39, 0.29) is 6.61 Å². The lowest BCUT2D eigenvalue weighted by atomic mass is 10.5. The molecule has 0 atom stereocenters. The van der Waals surface area contributed by atoms with Crippen molar-refractivity contribution in [2.24, 2.45) is 0 Å². The van der Waals surface area contributed by atoms with Gasteiger partial charge in [0, 0.05) is 23.0 Å². The lowest BCUT2D eigenvalue weighted by Crippen LogP contribution is -1.84. The highest BCUT2D eigenvalue weighted by molar-refractivity contribution is 7.99. The van der Waals surface area contributed by atoms with Crippen LogP contribution in [0.3, 0.4) is 0 Å². The van der Waals surface area contributed by atoms with Crippen LogP contribution in [0.5, 0.6) is 0 Å². The molecule has 0 spiro atoms. The summed E-state index contributed by atoms with van der Waals surface area (Å²) in [5, 5.41) is 8.49. The Bertz CT molecular complexity index is 178. The average molecular weight is 155 g/mol. The molecule has 1 rings (SSSR count). The first kappa shape index (κ1) is 7.57. The Morgan fingerprint density at radius 3 is 2.70 bits per heavy atom. The fourth-order valence-electron chi connectivity index (χ4n) is 0.598. The summed E-state index contributed by atoms with van der Waals surface area (Å²) in [4.78, 5) is 5.03. The summed E-state index contributed by atoms with van der Waals surface area (Å²) in [6.45, 7) is 0.229. The molecule has 54 valence electrons. The number of aromatic nitrogens is 1. The molecule has 0 saturated carbocycles. The van der Waals surface area contributed by atoms with Crippen molar-refractivity contribution >= 4 is 11.8 Å². The molecule has 0 aliphatic carbocycles. The van der Waals surface area contributed by atoms with Crippen molar-refractivity contribution in [3.63, 3.8) is 0 Å². The maximum absolute atomic E-state index is 8.49. The van der Waals surface area contributed by atoms with Gasteiger partial charge in [-0.15, -0.1) is 11.8 Å². The van der Waals surface area contributed by atoms with Gasteiger partial charge < -0.3 is 5.11 Å². The molecule has 0 bridgehead atoms. The summed E-state index contributed by atoms with van der Waals surface area (Å²) < 4.78 is 0. The highest BCUT2D eigenvalue weighted by atomic mass is 32.2. The van der Waals surface area contributed by atoms with Crippen molar-refractivity contribution in [1.29, 1.82) is 0 Å². The molecule has 0 amide bonds. The molecule has 1 aromatic rings. The Labute approximate surface area is 64.3 Å². The van der Waals surface area contributed by atoms with Crippen LogP contribution >= 0.6 is 11.8 Å². The van der Waals surface area contributed by atoms with E-state index in [9.17, 15) is 0 Å². The second kappa shape index (κ2) is 4.30. The fourth-order valence-corrected chi connectivity index (χ4v) is 1.24. The molecule has 0 aliphatic heterocycles. The van der Waals surface area contributed by atoms with E-state index in [1.165, 1.54) is 0 Å². The van der Waals surface area contributed by atoms with Crippen LogP contribution in [-0.2, 0) is 0 Å². The van der Waals surface area contributed by atoms with Crippen LogP contribution < -0.4 is 0 Å². The van der Waals surface area contributed by atoms with Gasteiger partial charge in [0.05, 0.1) is 6.61 Å². The van der Waals surface area contributed by atoms with Crippen molar-refractivity contribution in [2.45, 2.75) is 4.90 Å². The normalized spacial score (nSPS) is 9.70. The maximum atomic E-state index is 8.49. The standard InChI is InChI=1S/C7H9NOS/c9-5-6-10-7-1-3-8-4-2-7/h1-4,9H,5-6H2. The molecule has 0 aliphatic rings. The summed E-state index contributed by atoms with van der Waals surface area (Å²) >= 11 is 1.63. The minimum Gasteiger partial charge on any atom is -0.396 e. The lowest BCUT2D eigenvalue weighted by Gasteiger charge is -1.95. The summed E-state index contributed by atoms with van der Waals surface area (Å²) in [6, 6.07) is 3.86. The van der Waals surface area contributed by atoms with Gasteiger partial charge in [-0.3, -0.25) is 4.98 Å². The molecule has 1 heterocycles. The van der Waals surface area contributed by atoms with Crippen LogP contribution in [0.25, 0.3) is 0 Å². The van der Waals surface area contributed by atoms with Gasteiger partial charge in [0.2, 0.25) is 0 Å². The van der Waals surface area contributed by atoms with Gasteiger partial charge in [-0.05, 0) is 12.1 Å². The number of nitrogens with zero attached hydrogens (tertiary/aromatic N) is 1. The fraction of sp³-hybridized carbons (Fsp3) is 0.286. The monoisotopic (exact) mass is 155 g/mol. The van der Waals surface area contributed by atoms with E-state index in [0.29, 0.717) is 0 Å². The topological polar surface area (TPSA) is 33.1 Å². The third-order valence-corrected chi connectivity index (χ3v) is 2.00. The molecule has 3 heteroatoms. The third kappa shape index (κ3) is 2.37. The molecule has 1 aromatic heterocycles. The molecule has 0 radical (unpaired) electrons. The van der Waals surface area contributed by atoms with Gasteiger partial charge >= 0.3 is 0 Å². The van der Waals surface area contributed by atoms with E-state index in [2.05, 4.69) is 4.98 Å². The molecular weight excluding hydrogens is 146 g/mol. The van der Waals surface area contributed by atoms with Crippen molar-refractivity contribution < 1.29 is 5.11 Å². The first-order valence-electron chi connectivity index (χ1n) is 3.07. The molecule has 2 nitrogen and oxygen atoms in total. The Morgan fingerprint density at radius 2 is 2.10 bits per heavy atom. The largest absolute Gasteiger partial charge is 0.396 e. The second-order valence-corrected chi connectivity index (χ2v) is 2.92. The number of hydrogen-bond donors (Lipinski definition) is 1. The number of aliphatic hydroxyl groups excluding tert-OH is 1. The van der Waals surface area contributed by atoms with E-state index >= 15 is 0 Å². The van der Waals surface area contributed by atoms with Crippen LogP contribution in [0.15, 0.2) is 29.4 Å². The van der Waals surface area contributed by atoms with Crippen molar-refractivity contribution in [3.05, 3.63) is 24.5 Å². The van der Waals surface area contributed by atoms with Crippen molar-refractivity contribution in [3.8, 4) is 0 Å². The van der Waals surface area contributed by atoms with E-state index in [1.807, 2.05) is 12.1 Å². The molecular formula is C7H9NOS. The number of pyridine rings is 1. The number of thioether (sulfide) groups is 1. The molecule has 0 unspecified atom stereocenters. The summed E-state index contributed by atoms with van der Waals surface area (Å²) in [5.74, 6) is 0.754. The van der Waals surface area contributed by atoms with Crippen LogP contribution in [-0.4, -0.2) is 22.5 Å². The predicted octanol–water partition coefficient (Wildman–Crippen LogP) is 1.17. The molecule has 0 fully saturated rings. The van der Waals surface area contributed by atoms with Crippen LogP contribution in [0.4, 0.5) is 0 Å². The zero-order chi connectivity index (χ0) is 7.23. The summed E-state index contributed by atoms with van der Waals surface area (Å²) in [6.07, 6.45) is 3.50. The van der Waals surface area contributed by atoms with E-state index < -0.39 is 0 Å². The summed E-state index contributed by atoms with van der Waals surface area (Å²) in [7, 11) is 0. The SMILES string of the molecule is OCCSc1ccncc1. The molecule has 0 saturated heterocycles. The smallest absolute Gasteiger partial charge is 0.0525 e. The second-order valence-electron chi connectivity index (χ2n) is 1.75. The van der Waals surface area contributed by atoms with Crippen LogP contribution in [0, 0.1) is 0 Å².